The van der Waals surface area contributed by atoms with E-state index in [0.717, 1.165) is 30.4 Å². The number of sulfonamides is 1. The van der Waals surface area contributed by atoms with Crippen molar-refractivity contribution in [1.29, 1.82) is 0 Å². The minimum absolute atomic E-state index is 0. The van der Waals surface area contributed by atoms with Crippen molar-refractivity contribution in [3.63, 3.8) is 0 Å². The Bertz CT molecular complexity index is 873. The summed E-state index contributed by atoms with van der Waals surface area (Å²) in [5.41, 5.74) is 3.63. The fourth-order valence-electron chi connectivity index (χ4n) is 2.90. The van der Waals surface area contributed by atoms with Gasteiger partial charge in [-0.15, -0.1) is 0 Å². The topological polar surface area (TPSA) is 74.7 Å². The van der Waals surface area contributed by atoms with Crippen molar-refractivity contribution in [2.24, 2.45) is 0 Å². The molecule has 2 rings (SSSR count). The maximum atomic E-state index is 12.2. The van der Waals surface area contributed by atoms with E-state index >= 15 is 0 Å². The zero-order chi connectivity index (χ0) is 19.9. The first-order chi connectivity index (χ1) is 12.8. The Kier molecular flexibility index (Phi) is 10.4. The second-order valence-corrected chi connectivity index (χ2v) is 8.82. The molecule has 148 valence electrons. The van der Waals surface area contributed by atoms with Crippen molar-refractivity contribution in [2.75, 3.05) is 6.26 Å². The second-order valence-electron chi connectivity index (χ2n) is 6.84. The van der Waals surface area contributed by atoms with E-state index in [0.29, 0.717) is 5.56 Å². The number of aliphatic carboxylic acids is 1. The molecule has 0 heterocycles. The van der Waals surface area contributed by atoms with Crippen LogP contribution in [0.25, 0.3) is 0 Å². The molecule has 0 amide bonds. The summed E-state index contributed by atoms with van der Waals surface area (Å²) in [4.78, 5) is 10.9. The first-order valence-electron chi connectivity index (χ1n) is 9.10. The summed E-state index contributed by atoms with van der Waals surface area (Å²) in [5, 5.41) is 8.93. The molecule has 0 aliphatic carbocycles. The van der Waals surface area contributed by atoms with Crippen molar-refractivity contribution in [2.45, 2.75) is 45.7 Å². The van der Waals surface area contributed by atoms with Gasteiger partial charge in [-0.05, 0) is 35.1 Å². The summed E-state index contributed by atoms with van der Waals surface area (Å²) in [5.74, 6) is -0.907. The van der Waals surface area contributed by atoms with E-state index in [2.05, 4.69) is 19.1 Å². The summed E-state index contributed by atoms with van der Waals surface area (Å²) >= 11 is 0. The van der Waals surface area contributed by atoms with Crippen LogP contribution in [-0.4, -0.2) is 30.1 Å². The summed E-state index contributed by atoms with van der Waals surface area (Å²) in [7, 11) is -3.40. The molecule has 2 aromatic carbocycles. The van der Waals surface area contributed by atoms with E-state index in [4.69, 9.17) is 5.11 Å². The average Bonchev–Trinajstić information content (AvgIpc) is 2.59. The molecule has 0 atom stereocenters. The van der Waals surface area contributed by atoms with Crippen molar-refractivity contribution in [1.82, 2.24) is 4.31 Å². The predicted octanol–water partition coefficient (Wildman–Crippen LogP) is 0.735. The Balaban J connectivity index is 0.00000392. The van der Waals surface area contributed by atoms with Crippen LogP contribution in [-0.2, 0) is 40.7 Å². The molecule has 0 bridgehead atoms. The van der Waals surface area contributed by atoms with Gasteiger partial charge in [0.15, 0.2) is 0 Å². The molecule has 0 aromatic heterocycles. The summed E-state index contributed by atoms with van der Waals surface area (Å²) in [6.45, 7) is 2.66. The van der Waals surface area contributed by atoms with Gasteiger partial charge in [0.1, 0.15) is 0 Å². The number of nitrogens with zero attached hydrogens (tertiary/aromatic N) is 1. The quantitative estimate of drug-likeness (QED) is 0.583. The minimum Gasteiger partial charge on any atom is -1.00 e. The largest absolute Gasteiger partial charge is 1.00 e. The van der Waals surface area contributed by atoms with Crippen LogP contribution in [0.2, 0.25) is 0 Å². The first kappa shape index (κ1) is 24.9. The van der Waals surface area contributed by atoms with E-state index in [9.17, 15) is 13.2 Å². The number of carboxylic acid groups (broad SMARTS) is 1. The molecule has 0 aliphatic rings. The fraction of sp³-hybridized carbons (Fsp3) is 0.381. The van der Waals surface area contributed by atoms with Crippen molar-refractivity contribution in [3.05, 3.63) is 70.8 Å². The van der Waals surface area contributed by atoms with Crippen molar-refractivity contribution < 1.29 is 49.3 Å². The van der Waals surface area contributed by atoms with E-state index in [1.807, 2.05) is 18.2 Å². The molecule has 0 fully saturated rings. The summed E-state index contributed by atoms with van der Waals surface area (Å²) in [6.07, 6.45) is 4.44. The van der Waals surface area contributed by atoms with Gasteiger partial charge in [-0.2, -0.15) is 4.31 Å². The Labute approximate surface area is 191 Å². The molecule has 0 saturated heterocycles. The number of carboxylic acids is 1. The molecule has 0 spiro atoms. The third kappa shape index (κ3) is 8.45. The van der Waals surface area contributed by atoms with E-state index in [-0.39, 0.29) is 50.5 Å². The van der Waals surface area contributed by atoms with Gasteiger partial charge < -0.3 is 6.53 Å². The van der Waals surface area contributed by atoms with Gasteiger partial charge in [-0.3, -0.25) is 4.79 Å². The van der Waals surface area contributed by atoms with Gasteiger partial charge in [0.05, 0.1) is 12.7 Å². The second kappa shape index (κ2) is 11.7. The number of benzene rings is 2. The Morgan fingerprint density at radius 3 is 2.14 bits per heavy atom. The van der Waals surface area contributed by atoms with Crippen LogP contribution in [0.1, 0.15) is 43.4 Å². The standard InChI is InChI=1S/C21H27NO4S.Na.H/c1-3-4-6-17-9-11-18(12-10-17)15-22(27(2,25)26)16-20-8-5-7-19(13-20)14-21(23)24;;/h5,7-13H,3-4,6,14-16H2,1-2H3,(H,23,24);;/q;+1;-1. The van der Waals surface area contributed by atoms with Gasteiger partial charge in [0.2, 0.25) is 10.0 Å². The van der Waals surface area contributed by atoms with Crippen LogP contribution in [0, 0.1) is 0 Å². The zero-order valence-corrected chi connectivity index (χ0v) is 19.7. The molecule has 0 aliphatic heterocycles. The molecule has 0 saturated carbocycles. The molecule has 28 heavy (non-hydrogen) atoms. The smallest absolute Gasteiger partial charge is 1.00 e. The monoisotopic (exact) mass is 413 g/mol. The molecule has 0 unspecified atom stereocenters. The number of carbonyl (C=O) groups is 1. The van der Waals surface area contributed by atoms with Crippen LogP contribution in [0.15, 0.2) is 48.5 Å². The van der Waals surface area contributed by atoms with E-state index in [1.165, 1.54) is 16.1 Å². The number of hydrogen-bond acceptors (Lipinski definition) is 3. The molecule has 2 aromatic rings. The number of rotatable bonds is 10. The van der Waals surface area contributed by atoms with Crippen LogP contribution in [0.3, 0.4) is 0 Å². The third-order valence-corrected chi connectivity index (χ3v) is 5.57. The Hall–Kier alpha value is -1.18. The van der Waals surface area contributed by atoms with Gasteiger partial charge in [0.25, 0.3) is 0 Å². The summed E-state index contributed by atoms with van der Waals surface area (Å²) in [6, 6.07) is 15.1. The van der Waals surface area contributed by atoms with Crippen LogP contribution >= 0.6 is 0 Å². The zero-order valence-electron chi connectivity index (χ0n) is 17.9. The number of aryl methyl sites for hydroxylation is 1. The van der Waals surface area contributed by atoms with Crippen molar-refractivity contribution >= 4 is 16.0 Å². The average molecular weight is 414 g/mol. The van der Waals surface area contributed by atoms with E-state index in [1.54, 1.807) is 18.2 Å². The Morgan fingerprint density at radius 1 is 1.00 bits per heavy atom. The molecule has 0 radical (unpaired) electrons. The van der Waals surface area contributed by atoms with Gasteiger partial charge in [-0.25, -0.2) is 8.42 Å². The van der Waals surface area contributed by atoms with E-state index < -0.39 is 16.0 Å². The van der Waals surface area contributed by atoms with Crippen LogP contribution in [0.4, 0.5) is 0 Å². The minimum atomic E-state index is -3.40. The van der Waals surface area contributed by atoms with Gasteiger partial charge in [0, 0.05) is 13.1 Å². The first-order valence-corrected chi connectivity index (χ1v) is 11.0. The number of unbranched alkanes of at least 4 members (excludes halogenated alkanes) is 1. The van der Waals surface area contributed by atoms with Crippen LogP contribution < -0.4 is 29.6 Å². The Morgan fingerprint density at radius 2 is 1.57 bits per heavy atom. The van der Waals surface area contributed by atoms with Gasteiger partial charge in [-0.1, -0.05) is 61.9 Å². The molecule has 5 nitrogen and oxygen atoms in total. The third-order valence-electron chi connectivity index (χ3n) is 4.38. The molecular formula is C21H28NNaO4S. The summed E-state index contributed by atoms with van der Waals surface area (Å²) < 4.78 is 25.9. The predicted molar refractivity (Wildman–Crippen MR) is 108 cm³/mol. The molecular weight excluding hydrogens is 385 g/mol. The number of hydrogen-bond donors (Lipinski definition) is 1. The maximum absolute atomic E-state index is 12.2. The fourth-order valence-corrected chi connectivity index (χ4v) is 3.67. The van der Waals surface area contributed by atoms with Crippen molar-refractivity contribution in [3.8, 4) is 0 Å². The van der Waals surface area contributed by atoms with Crippen LogP contribution in [0.5, 0.6) is 0 Å². The molecule has 7 heteroatoms. The maximum Gasteiger partial charge on any atom is 1.00 e. The SMILES string of the molecule is CCCCc1ccc(CN(Cc2cccc(CC(=O)O)c2)S(C)(=O)=O)cc1.[H-].[Na+]. The van der Waals surface area contributed by atoms with Gasteiger partial charge >= 0.3 is 35.5 Å². The normalized spacial score (nSPS) is 11.2. The molecule has 1 N–H and O–H groups in total.